The summed E-state index contributed by atoms with van der Waals surface area (Å²) >= 11 is 0. The van der Waals surface area contributed by atoms with Crippen molar-refractivity contribution in [3.8, 4) is 0 Å². The molecule has 0 aromatic rings. The van der Waals surface area contributed by atoms with Gasteiger partial charge in [0.1, 0.15) is 12.2 Å². The number of aliphatic hydroxyl groups is 2. The van der Waals surface area contributed by atoms with Crippen molar-refractivity contribution in [2.45, 2.75) is 257 Å². The van der Waals surface area contributed by atoms with Crippen molar-refractivity contribution in [2.24, 2.45) is 0 Å². The fraction of sp³-hybridized carbons (Fsp3) is 0.978. The SMILES string of the molecule is CCCCCCCCCCCCCCCCCCCCCCCCCC(=O)O[C@H](COCCCCCCCCCCCCCC)COP(=O)(O)OC[C@@H](O)CO. The van der Waals surface area contributed by atoms with Gasteiger partial charge in [-0.25, -0.2) is 4.57 Å². The Balaban J connectivity index is 3.98. The van der Waals surface area contributed by atoms with Crippen LogP contribution in [-0.2, 0) is 27.9 Å². The first-order chi connectivity index (χ1) is 27.3. The van der Waals surface area contributed by atoms with E-state index in [0.717, 1.165) is 32.1 Å². The predicted molar refractivity (Wildman–Crippen MR) is 233 cm³/mol. The second-order valence-corrected chi connectivity index (χ2v) is 18.0. The van der Waals surface area contributed by atoms with E-state index in [2.05, 4.69) is 13.8 Å². The first kappa shape index (κ1) is 55.5. The highest BCUT2D eigenvalue weighted by atomic mass is 31.2. The molecule has 0 fully saturated rings. The van der Waals surface area contributed by atoms with Crippen molar-refractivity contribution in [3.63, 3.8) is 0 Å². The first-order valence-corrected chi connectivity index (χ1v) is 25.5. The van der Waals surface area contributed by atoms with Gasteiger partial charge in [0.25, 0.3) is 0 Å². The van der Waals surface area contributed by atoms with Crippen LogP contribution in [0.3, 0.4) is 0 Å². The van der Waals surface area contributed by atoms with E-state index in [0.29, 0.717) is 6.61 Å². The largest absolute Gasteiger partial charge is 0.472 e. The number of carbonyl (C=O) groups is 1. The molecule has 0 heterocycles. The van der Waals surface area contributed by atoms with Crippen LogP contribution in [0.4, 0.5) is 0 Å². The van der Waals surface area contributed by atoms with E-state index in [1.165, 1.54) is 193 Å². The molecule has 0 saturated heterocycles. The average Bonchev–Trinajstić information content (AvgIpc) is 3.19. The Morgan fingerprint density at radius 1 is 0.482 bits per heavy atom. The summed E-state index contributed by atoms with van der Waals surface area (Å²) in [4.78, 5) is 22.6. The van der Waals surface area contributed by atoms with Crippen LogP contribution >= 0.6 is 7.82 Å². The lowest BCUT2D eigenvalue weighted by Crippen LogP contribution is -2.29. The second-order valence-electron chi connectivity index (χ2n) is 16.5. The summed E-state index contributed by atoms with van der Waals surface area (Å²) in [7, 11) is -4.51. The van der Waals surface area contributed by atoms with Crippen LogP contribution in [0.5, 0.6) is 0 Å². The van der Waals surface area contributed by atoms with Gasteiger partial charge in [-0.1, -0.05) is 226 Å². The number of phosphoric acid groups is 1. The van der Waals surface area contributed by atoms with Crippen molar-refractivity contribution in [3.05, 3.63) is 0 Å². The number of rotatable bonds is 47. The maximum Gasteiger partial charge on any atom is 0.472 e. The Morgan fingerprint density at radius 2 is 0.804 bits per heavy atom. The van der Waals surface area contributed by atoms with Crippen LogP contribution in [0.2, 0.25) is 0 Å². The van der Waals surface area contributed by atoms with E-state index in [-0.39, 0.29) is 25.6 Å². The summed E-state index contributed by atoms with van der Waals surface area (Å²) in [5, 5.41) is 18.4. The average molecular weight is 821 g/mol. The van der Waals surface area contributed by atoms with Crippen molar-refractivity contribution >= 4 is 13.8 Å². The Labute approximate surface area is 346 Å². The molecular weight excluding hydrogens is 727 g/mol. The molecule has 0 aliphatic carbocycles. The molecule has 0 bridgehead atoms. The number of ether oxygens (including phenoxy) is 2. The highest BCUT2D eigenvalue weighted by Crippen LogP contribution is 2.43. The van der Waals surface area contributed by atoms with Gasteiger partial charge in [0.2, 0.25) is 0 Å². The third-order valence-electron chi connectivity index (χ3n) is 10.8. The lowest BCUT2D eigenvalue weighted by Gasteiger charge is -2.20. The Kier molecular flexibility index (Phi) is 43.6. The molecule has 0 aromatic heterocycles. The van der Waals surface area contributed by atoms with Crippen molar-refractivity contribution in [1.82, 2.24) is 0 Å². The van der Waals surface area contributed by atoms with E-state index in [1.54, 1.807) is 0 Å². The number of hydrogen-bond acceptors (Lipinski definition) is 8. The standard InChI is InChI=1S/C46H93O9P/c1-3-5-7-9-11-13-15-17-18-19-20-21-22-23-24-25-26-27-28-30-32-34-36-38-46(49)55-45(43-54-56(50,51)53-41-44(48)40-47)42-52-39-37-35-33-31-29-16-14-12-10-8-6-4-2/h44-45,47-48H,3-43H2,1-2H3,(H,50,51)/t44-,45+/m0/s1. The maximum absolute atomic E-state index is 12.6. The number of hydrogen-bond donors (Lipinski definition) is 3. The van der Waals surface area contributed by atoms with Gasteiger partial charge in [-0.15, -0.1) is 0 Å². The molecule has 10 heteroatoms. The van der Waals surface area contributed by atoms with E-state index in [1.807, 2.05) is 0 Å². The summed E-state index contributed by atoms with van der Waals surface area (Å²) in [6.45, 7) is 3.58. The van der Waals surface area contributed by atoms with Gasteiger partial charge >= 0.3 is 13.8 Å². The summed E-state index contributed by atoms with van der Waals surface area (Å²) in [5.41, 5.74) is 0. The van der Waals surface area contributed by atoms with Gasteiger partial charge < -0.3 is 24.6 Å². The minimum absolute atomic E-state index is 0.0580. The third-order valence-corrected chi connectivity index (χ3v) is 11.7. The minimum Gasteiger partial charge on any atom is -0.457 e. The topological polar surface area (TPSA) is 132 Å². The van der Waals surface area contributed by atoms with Crippen molar-refractivity contribution in [1.29, 1.82) is 0 Å². The van der Waals surface area contributed by atoms with Crippen LogP contribution < -0.4 is 0 Å². The van der Waals surface area contributed by atoms with Gasteiger partial charge in [-0.3, -0.25) is 13.8 Å². The number of unbranched alkanes of at least 4 members (excludes halogenated alkanes) is 33. The molecule has 0 aromatic carbocycles. The van der Waals surface area contributed by atoms with Crippen LogP contribution in [-0.4, -0.2) is 66.3 Å². The maximum atomic E-state index is 12.6. The molecule has 3 N–H and O–H groups in total. The zero-order chi connectivity index (χ0) is 41.1. The number of phosphoric ester groups is 1. The molecule has 0 rings (SSSR count). The molecule has 56 heavy (non-hydrogen) atoms. The lowest BCUT2D eigenvalue weighted by atomic mass is 10.0. The lowest BCUT2D eigenvalue weighted by molar-refractivity contribution is -0.154. The zero-order valence-electron chi connectivity index (χ0n) is 36.9. The van der Waals surface area contributed by atoms with Crippen LogP contribution in [0, 0.1) is 0 Å². The molecule has 1 unspecified atom stereocenters. The molecule has 9 nitrogen and oxygen atoms in total. The molecular formula is C46H93O9P. The quantitative estimate of drug-likeness (QED) is 0.0312. The molecule has 0 aliphatic heterocycles. The summed E-state index contributed by atoms with van der Waals surface area (Å²) in [6.07, 6.45) is 43.6. The molecule has 336 valence electrons. The molecule has 0 spiro atoms. The van der Waals surface area contributed by atoms with E-state index in [4.69, 9.17) is 23.6 Å². The predicted octanol–water partition coefficient (Wildman–Crippen LogP) is 13.5. The zero-order valence-corrected chi connectivity index (χ0v) is 37.8. The third kappa shape index (κ3) is 43.0. The molecule has 0 aliphatic rings. The highest BCUT2D eigenvalue weighted by Gasteiger charge is 2.26. The number of esters is 1. The molecule has 0 saturated carbocycles. The van der Waals surface area contributed by atoms with Gasteiger partial charge in [0.05, 0.1) is 26.4 Å². The summed E-state index contributed by atoms with van der Waals surface area (Å²) in [6, 6.07) is 0. The Bertz CT molecular complexity index is 845. The van der Waals surface area contributed by atoms with Gasteiger partial charge in [-0.05, 0) is 12.8 Å². The summed E-state index contributed by atoms with van der Waals surface area (Å²) < 4.78 is 33.4. The number of carbonyl (C=O) groups excluding carboxylic acids is 1. The van der Waals surface area contributed by atoms with Gasteiger partial charge in [0, 0.05) is 13.0 Å². The highest BCUT2D eigenvalue weighted by molar-refractivity contribution is 7.47. The second kappa shape index (κ2) is 44.0. The van der Waals surface area contributed by atoms with Gasteiger partial charge in [-0.2, -0.15) is 0 Å². The van der Waals surface area contributed by atoms with Crippen molar-refractivity contribution in [2.75, 3.05) is 33.0 Å². The minimum atomic E-state index is -4.51. The van der Waals surface area contributed by atoms with E-state index in [9.17, 15) is 19.4 Å². The number of aliphatic hydroxyl groups excluding tert-OH is 2. The Morgan fingerprint density at radius 3 is 1.16 bits per heavy atom. The van der Waals surface area contributed by atoms with Crippen molar-refractivity contribution < 1.29 is 43.0 Å². The van der Waals surface area contributed by atoms with Crippen LogP contribution in [0.1, 0.15) is 245 Å². The molecule has 0 amide bonds. The van der Waals surface area contributed by atoms with E-state index < -0.39 is 33.2 Å². The first-order valence-electron chi connectivity index (χ1n) is 24.0. The fourth-order valence-corrected chi connectivity index (χ4v) is 7.91. The normalized spacial score (nSPS) is 13.9. The monoisotopic (exact) mass is 821 g/mol. The van der Waals surface area contributed by atoms with Crippen LogP contribution in [0.15, 0.2) is 0 Å². The summed E-state index contributed by atoms with van der Waals surface area (Å²) in [5.74, 6) is -0.375. The molecule has 0 radical (unpaired) electrons. The Hall–Kier alpha value is -0.540. The molecule has 3 atom stereocenters. The van der Waals surface area contributed by atoms with Gasteiger partial charge in [0.15, 0.2) is 0 Å². The fourth-order valence-electron chi connectivity index (χ4n) is 7.12. The smallest absolute Gasteiger partial charge is 0.457 e. The van der Waals surface area contributed by atoms with Crippen LogP contribution in [0.25, 0.3) is 0 Å². The van der Waals surface area contributed by atoms with E-state index >= 15 is 0 Å².